The van der Waals surface area contributed by atoms with Crippen LogP contribution in [0.2, 0.25) is 0 Å². The summed E-state index contributed by atoms with van der Waals surface area (Å²) in [6.45, 7) is 4.65. The molecule has 52 heavy (non-hydrogen) atoms. The van der Waals surface area contributed by atoms with Gasteiger partial charge in [0.1, 0.15) is 11.2 Å². The van der Waals surface area contributed by atoms with Gasteiger partial charge in [0.25, 0.3) is 0 Å². The molecule has 7 aromatic carbocycles. The van der Waals surface area contributed by atoms with Crippen molar-refractivity contribution in [2.45, 2.75) is 19.3 Å². The van der Waals surface area contributed by atoms with Gasteiger partial charge in [0.2, 0.25) is 0 Å². The lowest BCUT2D eigenvalue weighted by Gasteiger charge is -2.22. The molecule has 10 rings (SSSR count). The van der Waals surface area contributed by atoms with Crippen LogP contribution in [0.4, 0.5) is 0 Å². The Hall–Kier alpha value is -6.65. The van der Waals surface area contributed by atoms with Gasteiger partial charge in [-0.1, -0.05) is 159 Å². The van der Waals surface area contributed by atoms with Crippen LogP contribution in [-0.4, -0.2) is 15.0 Å². The first-order valence-corrected chi connectivity index (χ1v) is 17.7. The molecule has 4 nitrogen and oxygen atoms in total. The Balaban J connectivity index is 1.15. The van der Waals surface area contributed by atoms with Crippen LogP contribution < -0.4 is 0 Å². The van der Waals surface area contributed by atoms with Gasteiger partial charge in [0, 0.05) is 27.3 Å². The summed E-state index contributed by atoms with van der Waals surface area (Å²) in [6, 6.07) is 57.2. The minimum Gasteiger partial charge on any atom is -0.455 e. The molecule has 0 unspecified atom stereocenters. The minimum absolute atomic E-state index is 0.0550. The zero-order valence-corrected chi connectivity index (χ0v) is 28.8. The van der Waals surface area contributed by atoms with Gasteiger partial charge in [-0.15, -0.1) is 0 Å². The molecule has 0 radical (unpaired) electrons. The molecule has 0 saturated carbocycles. The van der Waals surface area contributed by atoms with Crippen molar-refractivity contribution in [1.29, 1.82) is 0 Å². The second-order valence-corrected chi connectivity index (χ2v) is 14.0. The highest BCUT2D eigenvalue weighted by Crippen LogP contribution is 2.49. The number of hydrogen-bond donors (Lipinski definition) is 0. The van der Waals surface area contributed by atoms with E-state index in [0.29, 0.717) is 17.5 Å². The molecule has 1 aliphatic rings. The monoisotopic (exact) mass is 667 g/mol. The molecule has 0 amide bonds. The number of para-hydroxylation sites is 1. The molecule has 2 heterocycles. The second-order valence-electron chi connectivity index (χ2n) is 14.0. The number of fused-ring (bicyclic) bond motifs is 6. The summed E-state index contributed by atoms with van der Waals surface area (Å²) >= 11 is 0. The number of benzene rings is 7. The van der Waals surface area contributed by atoms with Crippen molar-refractivity contribution in [2.75, 3.05) is 0 Å². The molecule has 4 heteroatoms. The number of rotatable bonds is 5. The Bertz CT molecular complexity index is 2740. The lowest BCUT2D eigenvalue weighted by Crippen LogP contribution is -2.14. The van der Waals surface area contributed by atoms with Gasteiger partial charge in [-0.3, -0.25) is 0 Å². The van der Waals surface area contributed by atoms with Crippen molar-refractivity contribution in [3.05, 3.63) is 175 Å². The molecule has 1 aliphatic carbocycles. The van der Waals surface area contributed by atoms with Gasteiger partial charge in [0.15, 0.2) is 17.5 Å². The molecule has 0 aliphatic heterocycles. The average molecular weight is 668 g/mol. The van der Waals surface area contributed by atoms with Crippen molar-refractivity contribution in [3.8, 4) is 67.5 Å². The van der Waals surface area contributed by atoms with E-state index in [2.05, 4.69) is 98.8 Å². The van der Waals surface area contributed by atoms with Crippen molar-refractivity contribution >= 4 is 21.9 Å². The van der Waals surface area contributed by atoms with Crippen LogP contribution in [0.3, 0.4) is 0 Å². The van der Waals surface area contributed by atoms with E-state index < -0.39 is 0 Å². The lowest BCUT2D eigenvalue weighted by atomic mass is 9.81. The lowest BCUT2D eigenvalue weighted by molar-refractivity contribution is 0.660. The Morgan fingerprint density at radius 1 is 0.404 bits per heavy atom. The maximum Gasteiger partial charge on any atom is 0.168 e. The first-order valence-electron chi connectivity index (χ1n) is 17.7. The highest BCUT2D eigenvalue weighted by molar-refractivity contribution is 6.12. The van der Waals surface area contributed by atoms with E-state index in [1.165, 1.54) is 33.4 Å². The Morgan fingerprint density at radius 2 is 0.962 bits per heavy atom. The summed E-state index contributed by atoms with van der Waals surface area (Å²) in [5.41, 5.74) is 14.1. The third-order valence-corrected chi connectivity index (χ3v) is 10.6. The van der Waals surface area contributed by atoms with E-state index in [1.54, 1.807) is 0 Å². The highest BCUT2D eigenvalue weighted by Gasteiger charge is 2.35. The Labute approximate surface area is 302 Å². The van der Waals surface area contributed by atoms with Crippen molar-refractivity contribution < 1.29 is 4.42 Å². The summed E-state index contributed by atoms with van der Waals surface area (Å²) in [6.07, 6.45) is 0. The van der Waals surface area contributed by atoms with Crippen LogP contribution in [-0.2, 0) is 5.41 Å². The third-order valence-electron chi connectivity index (χ3n) is 10.6. The van der Waals surface area contributed by atoms with Crippen LogP contribution in [0.15, 0.2) is 168 Å². The fraction of sp³-hybridized carbons (Fsp3) is 0.0625. The average Bonchev–Trinajstić information content (AvgIpc) is 3.70. The Kier molecular flexibility index (Phi) is 6.80. The molecule has 0 N–H and O–H groups in total. The van der Waals surface area contributed by atoms with Gasteiger partial charge in [0.05, 0.1) is 5.56 Å². The smallest absolute Gasteiger partial charge is 0.168 e. The Morgan fingerprint density at radius 3 is 1.69 bits per heavy atom. The first-order chi connectivity index (χ1) is 25.5. The number of nitrogens with zero attached hydrogens (tertiary/aromatic N) is 3. The van der Waals surface area contributed by atoms with Gasteiger partial charge in [-0.25, -0.2) is 15.0 Å². The number of furan rings is 1. The van der Waals surface area contributed by atoms with Gasteiger partial charge < -0.3 is 4.42 Å². The molecular formula is C48H33N3O. The van der Waals surface area contributed by atoms with Crippen molar-refractivity contribution in [1.82, 2.24) is 15.0 Å². The SMILES string of the molecule is CC1(C)c2ccccc2-c2ccc(-c3ccc(-c4ccc5c(oc6ccccc65)c4-c4nc(-c5ccccc5)nc(-c5ccccc5)n4)cc3)cc21. The summed E-state index contributed by atoms with van der Waals surface area (Å²) in [4.78, 5) is 15.3. The molecular weight excluding hydrogens is 635 g/mol. The van der Waals surface area contributed by atoms with E-state index in [9.17, 15) is 0 Å². The van der Waals surface area contributed by atoms with Gasteiger partial charge in [-0.05, 0) is 62.7 Å². The van der Waals surface area contributed by atoms with E-state index in [0.717, 1.165) is 49.8 Å². The predicted molar refractivity (Wildman–Crippen MR) is 212 cm³/mol. The summed E-state index contributed by atoms with van der Waals surface area (Å²) in [5.74, 6) is 1.79. The molecule has 2 aromatic heterocycles. The fourth-order valence-corrected chi connectivity index (χ4v) is 7.90. The number of aromatic nitrogens is 3. The highest BCUT2D eigenvalue weighted by atomic mass is 16.3. The van der Waals surface area contributed by atoms with E-state index >= 15 is 0 Å². The zero-order valence-electron chi connectivity index (χ0n) is 28.8. The van der Waals surface area contributed by atoms with Crippen molar-refractivity contribution in [3.63, 3.8) is 0 Å². The molecule has 0 saturated heterocycles. The topological polar surface area (TPSA) is 51.8 Å². The largest absolute Gasteiger partial charge is 0.455 e. The molecule has 9 aromatic rings. The maximum absolute atomic E-state index is 6.67. The van der Waals surface area contributed by atoms with Crippen LogP contribution in [0, 0.1) is 0 Å². The zero-order chi connectivity index (χ0) is 34.8. The van der Waals surface area contributed by atoms with E-state index in [-0.39, 0.29) is 5.41 Å². The van der Waals surface area contributed by atoms with Crippen LogP contribution in [0.1, 0.15) is 25.0 Å². The minimum atomic E-state index is -0.0550. The van der Waals surface area contributed by atoms with Crippen LogP contribution in [0.25, 0.3) is 89.5 Å². The molecule has 0 bridgehead atoms. The number of hydrogen-bond acceptors (Lipinski definition) is 4. The molecule has 246 valence electrons. The molecule has 0 atom stereocenters. The first kappa shape index (κ1) is 30.2. The quantitative estimate of drug-likeness (QED) is 0.183. The summed E-state index contributed by atoms with van der Waals surface area (Å²) < 4.78 is 6.67. The third kappa shape index (κ3) is 4.79. The van der Waals surface area contributed by atoms with Crippen molar-refractivity contribution in [2.24, 2.45) is 0 Å². The van der Waals surface area contributed by atoms with Gasteiger partial charge in [-0.2, -0.15) is 0 Å². The standard InChI is InChI=1S/C48H33N3O/c1-48(2)40-19-11-9-17-36(40)37-26-25-34(29-41(37)48)30-21-23-31(24-22-30)35-27-28-39-38-18-10-12-20-42(38)52-44(39)43(35)47-50-45(32-13-5-3-6-14-32)49-46(51-47)33-15-7-4-8-16-33/h3-29H,1-2H3. The van der Waals surface area contributed by atoms with Gasteiger partial charge >= 0.3 is 0 Å². The fourth-order valence-electron chi connectivity index (χ4n) is 7.90. The second kappa shape index (κ2) is 11.7. The summed E-state index contributed by atoms with van der Waals surface area (Å²) in [5, 5.41) is 2.08. The van der Waals surface area contributed by atoms with Crippen LogP contribution in [0.5, 0.6) is 0 Å². The van der Waals surface area contributed by atoms with E-state index in [4.69, 9.17) is 19.4 Å². The molecule has 0 fully saturated rings. The van der Waals surface area contributed by atoms with Crippen LogP contribution >= 0.6 is 0 Å². The van der Waals surface area contributed by atoms with E-state index in [1.807, 2.05) is 78.9 Å². The maximum atomic E-state index is 6.67. The summed E-state index contributed by atoms with van der Waals surface area (Å²) in [7, 11) is 0. The normalized spacial score (nSPS) is 13.0. The molecule has 0 spiro atoms. The predicted octanol–water partition coefficient (Wildman–Crippen LogP) is 12.4.